The average Bonchev–Trinajstić information content (AvgIpc) is 3.31. The molecule has 5 heteroatoms. The Morgan fingerprint density at radius 1 is 1.23 bits per heavy atom. The molecule has 0 heterocycles. The molecule has 22 heavy (non-hydrogen) atoms. The summed E-state index contributed by atoms with van der Waals surface area (Å²) in [6, 6.07) is 13.8. The highest BCUT2D eigenvalue weighted by Gasteiger charge is 2.30. The van der Waals surface area contributed by atoms with Crippen molar-refractivity contribution in [1.29, 1.82) is 0 Å². The van der Waals surface area contributed by atoms with Crippen molar-refractivity contribution < 1.29 is 13.9 Å². The van der Waals surface area contributed by atoms with Crippen LogP contribution in [0.1, 0.15) is 24.5 Å². The van der Waals surface area contributed by atoms with Crippen LogP contribution in [0.15, 0.2) is 53.0 Å². The molecule has 1 aliphatic rings. The number of hydrogen-bond acceptors (Lipinski definition) is 2. The standard InChI is InChI=1S/C17H15BrFNO2/c18-12-6-9-15(14(19)10-12)22-16(11-4-2-1-3-5-11)17(21)20-13-7-8-13/h1-6,9-10,13,16H,7-8H2,(H,20,21)/t16-/m0/s1. The topological polar surface area (TPSA) is 38.3 Å². The van der Waals surface area contributed by atoms with Gasteiger partial charge in [-0.1, -0.05) is 46.3 Å². The number of nitrogens with one attached hydrogen (secondary N) is 1. The monoisotopic (exact) mass is 363 g/mol. The van der Waals surface area contributed by atoms with E-state index in [-0.39, 0.29) is 17.7 Å². The van der Waals surface area contributed by atoms with Crippen molar-refractivity contribution >= 4 is 21.8 Å². The van der Waals surface area contributed by atoms with Crippen LogP contribution in [-0.4, -0.2) is 11.9 Å². The largest absolute Gasteiger partial charge is 0.473 e. The summed E-state index contributed by atoms with van der Waals surface area (Å²) in [4.78, 5) is 12.4. The van der Waals surface area contributed by atoms with Crippen molar-refractivity contribution in [3.05, 3.63) is 64.4 Å². The van der Waals surface area contributed by atoms with E-state index in [4.69, 9.17) is 4.74 Å². The number of carbonyl (C=O) groups is 1. The van der Waals surface area contributed by atoms with Crippen LogP contribution in [-0.2, 0) is 4.79 Å². The minimum atomic E-state index is -0.863. The SMILES string of the molecule is O=C(NC1CC1)[C@@H](Oc1ccc(Br)cc1F)c1ccccc1. The summed E-state index contributed by atoms with van der Waals surface area (Å²) < 4.78 is 20.3. The lowest BCUT2D eigenvalue weighted by Gasteiger charge is -2.19. The Labute approximate surface area is 136 Å². The molecule has 1 fully saturated rings. The van der Waals surface area contributed by atoms with E-state index in [2.05, 4.69) is 21.2 Å². The van der Waals surface area contributed by atoms with Gasteiger partial charge in [-0.05, 0) is 31.0 Å². The lowest BCUT2D eigenvalue weighted by molar-refractivity contribution is -0.128. The van der Waals surface area contributed by atoms with Gasteiger partial charge in [0, 0.05) is 16.1 Å². The molecule has 0 aliphatic heterocycles. The van der Waals surface area contributed by atoms with E-state index in [1.54, 1.807) is 18.2 Å². The van der Waals surface area contributed by atoms with Gasteiger partial charge >= 0.3 is 0 Å². The van der Waals surface area contributed by atoms with E-state index in [0.717, 1.165) is 12.8 Å². The van der Waals surface area contributed by atoms with Crippen molar-refractivity contribution in [2.24, 2.45) is 0 Å². The van der Waals surface area contributed by atoms with E-state index >= 15 is 0 Å². The van der Waals surface area contributed by atoms with E-state index in [9.17, 15) is 9.18 Å². The number of amides is 1. The average molecular weight is 364 g/mol. The fourth-order valence-electron chi connectivity index (χ4n) is 2.10. The van der Waals surface area contributed by atoms with Crippen molar-refractivity contribution in [3.8, 4) is 5.75 Å². The molecular formula is C17H15BrFNO2. The lowest BCUT2D eigenvalue weighted by Crippen LogP contribution is -2.34. The van der Waals surface area contributed by atoms with Gasteiger partial charge in [-0.15, -0.1) is 0 Å². The Balaban J connectivity index is 1.85. The first kappa shape index (κ1) is 15.0. The Morgan fingerprint density at radius 2 is 1.95 bits per heavy atom. The van der Waals surface area contributed by atoms with E-state index < -0.39 is 11.9 Å². The molecule has 114 valence electrons. The zero-order valence-corrected chi connectivity index (χ0v) is 13.3. The Hall–Kier alpha value is -1.88. The summed E-state index contributed by atoms with van der Waals surface area (Å²) >= 11 is 3.20. The maximum atomic E-state index is 14.0. The second-order valence-corrected chi connectivity index (χ2v) is 6.18. The first-order chi connectivity index (χ1) is 10.6. The summed E-state index contributed by atoms with van der Waals surface area (Å²) in [7, 11) is 0. The molecule has 0 spiro atoms. The van der Waals surface area contributed by atoms with E-state index in [0.29, 0.717) is 10.0 Å². The Bertz CT molecular complexity index is 674. The van der Waals surface area contributed by atoms with Gasteiger partial charge in [0.05, 0.1) is 0 Å². The van der Waals surface area contributed by atoms with Crippen LogP contribution in [0.3, 0.4) is 0 Å². The van der Waals surface area contributed by atoms with Crippen LogP contribution < -0.4 is 10.1 Å². The van der Waals surface area contributed by atoms with Crippen molar-refractivity contribution in [1.82, 2.24) is 5.32 Å². The molecule has 0 radical (unpaired) electrons. The number of benzene rings is 2. The van der Waals surface area contributed by atoms with Gasteiger partial charge in [0.1, 0.15) is 0 Å². The summed E-state index contributed by atoms with van der Waals surface area (Å²) in [6.07, 6.45) is 1.11. The lowest BCUT2D eigenvalue weighted by atomic mass is 10.1. The molecule has 2 aromatic rings. The van der Waals surface area contributed by atoms with Crippen molar-refractivity contribution in [2.45, 2.75) is 25.0 Å². The molecule has 1 saturated carbocycles. The molecule has 0 aromatic heterocycles. The number of rotatable bonds is 5. The first-order valence-electron chi connectivity index (χ1n) is 7.10. The fourth-order valence-corrected chi connectivity index (χ4v) is 2.44. The second kappa shape index (κ2) is 6.48. The molecule has 2 aromatic carbocycles. The predicted octanol–water partition coefficient (Wildman–Crippen LogP) is 3.99. The van der Waals surface area contributed by atoms with Crippen LogP contribution in [0.5, 0.6) is 5.75 Å². The fraction of sp³-hybridized carbons (Fsp3) is 0.235. The third kappa shape index (κ3) is 3.65. The van der Waals surface area contributed by atoms with Gasteiger partial charge in [-0.2, -0.15) is 0 Å². The molecule has 1 aliphatic carbocycles. The maximum absolute atomic E-state index is 14.0. The molecule has 0 bridgehead atoms. The van der Waals surface area contributed by atoms with Crippen LogP contribution >= 0.6 is 15.9 Å². The van der Waals surface area contributed by atoms with E-state index in [1.807, 2.05) is 18.2 Å². The van der Waals surface area contributed by atoms with Gasteiger partial charge < -0.3 is 10.1 Å². The van der Waals surface area contributed by atoms with Crippen LogP contribution in [0.2, 0.25) is 0 Å². The molecule has 0 unspecified atom stereocenters. The zero-order chi connectivity index (χ0) is 15.5. The number of carbonyl (C=O) groups excluding carboxylic acids is 1. The van der Waals surface area contributed by atoms with E-state index in [1.165, 1.54) is 12.1 Å². The van der Waals surface area contributed by atoms with Crippen LogP contribution in [0.4, 0.5) is 4.39 Å². The third-order valence-electron chi connectivity index (χ3n) is 3.40. The number of ether oxygens (including phenoxy) is 1. The minimum absolute atomic E-state index is 0.0583. The summed E-state index contributed by atoms with van der Waals surface area (Å²) in [5.74, 6) is -0.687. The van der Waals surface area contributed by atoms with Crippen LogP contribution in [0.25, 0.3) is 0 Å². The highest BCUT2D eigenvalue weighted by molar-refractivity contribution is 9.10. The zero-order valence-electron chi connectivity index (χ0n) is 11.8. The molecule has 0 saturated heterocycles. The smallest absolute Gasteiger partial charge is 0.266 e. The van der Waals surface area contributed by atoms with Gasteiger partial charge in [0.15, 0.2) is 11.6 Å². The molecule has 1 amide bonds. The number of halogens is 2. The van der Waals surface area contributed by atoms with Gasteiger partial charge in [-0.3, -0.25) is 4.79 Å². The highest BCUT2D eigenvalue weighted by Crippen LogP contribution is 2.28. The number of hydrogen-bond donors (Lipinski definition) is 1. The quantitative estimate of drug-likeness (QED) is 0.872. The molecule has 3 rings (SSSR count). The second-order valence-electron chi connectivity index (χ2n) is 5.27. The van der Waals surface area contributed by atoms with Gasteiger partial charge in [-0.25, -0.2) is 4.39 Å². The molecular weight excluding hydrogens is 349 g/mol. The highest BCUT2D eigenvalue weighted by atomic mass is 79.9. The van der Waals surface area contributed by atoms with Gasteiger partial charge in [0.25, 0.3) is 5.91 Å². The predicted molar refractivity (Wildman–Crippen MR) is 85.1 cm³/mol. The molecule has 3 nitrogen and oxygen atoms in total. The Morgan fingerprint density at radius 3 is 2.59 bits per heavy atom. The summed E-state index contributed by atoms with van der Waals surface area (Å²) in [5.41, 5.74) is 0.697. The first-order valence-corrected chi connectivity index (χ1v) is 7.90. The maximum Gasteiger partial charge on any atom is 0.266 e. The van der Waals surface area contributed by atoms with Crippen LogP contribution in [0, 0.1) is 5.82 Å². The normalized spacial score (nSPS) is 15.2. The Kier molecular flexibility index (Phi) is 4.43. The minimum Gasteiger partial charge on any atom is -0.473 e. The van der Waals surface area contributed by atoms with Crippen molar-refractivity contribution in [2.75, 3.05) is 0 Å². The molecule has 1 N–H and O–H groups in total. The summed E-state index contributed by atoms with van der Waals surface area (Å²) in [6.45, 7) is 0. The summed E-state index contributed by atoms with van der Waals surface area (Å²) in [5, 5.41) is 2.91. The molecule has 1 atom stereocenters. The van der Waals surface area contributed by atoms with Crippen molar-refractivity contribution in [3.63, 3.8) is 0 Å². The van der Waals surface area contributed by atoms with Gasteiger partial charge in [0.2, 0.25) is 6.10 Å². The third-order valence-corrected chi connectivity index (χ3v) is 3.90.